The molecule has 3 unspecified atom stereocenters. The molecule has 4 aromatic rings. The second-order valence-electron chi connectivity index (χ2n) is 7.61. The number of hydrogen-bond donors (Lipinski definition) is 1. The van der Waals surface area contributed by atoms with Crippen molar-refractivity contribution >= 4 is 5.78 Å². The van der Waals surface area contributed by atoms with Crippen molar-refractivity contribution in [2.75, 3.05) is 0 Å². The number of nitrogens with zero attached hydrogens (tertiary/aromatic N) is 2. The van der Waals surface area contributed by atoms with E-state index in [0.29, 0.717) is 0 Å². The van der Waals surface area contributed by atoms with Crippen molar-refractivity contribution < 1.29 is 9.90 Å². The number of ketones is 1. The predicted molar refractivity (Wildman–Crippen MR) is 141 cm³/mol. The molecule has 4 heteroatoms. The van der Waals surface area contributed by atoms with Crippen LogP contribution in [0.25, 0.3) is 0 Å². The molecule has 2 aromatic heterocycles. The van der Waals surface area contributed by atoms with Gasteiger partial charge in [-0.15, -0.1) is 0 Å². The molecule has 0 aliphatic carbocycles. The number of aliphatic hydroxyl groups is 1. The summed E-state index contributed by atoms with van der Waals surface area (Å²) in [4.78, 5) is 20.6. The standard InChI is InChI=1S/C14H15NO.C14H13NO.2CH4/c2*1-11(13-9-5-6-10-15-13)14(16)12-7-3-2-4-8-12;;/h2-11,14,16H,1H3;2-11H,1H3;2*1H4. The number of hydrogen-bond acceptors (Lipinski definition) is 4. The molecule has 0 saturated carbocycles. The third-order valence-electron chi connectivity index (χ3n) is 5.35. The fourth-order valence-corrected chi connectivity index (χ4v) is 3.36. The molecule has 0 aliphatic rings. The third-order valence-corrected chi connectivity index (χ3v) is 5.35. The highest BCUT2D eigenvalue weighted by atomic mass is 16.3. The summed E-state index contributed by atoms with van der Waals surface area (Å²) in [5.41, 5.74) is 3.40. The second kappa shape index (κ2) is 14.5. The van der Waals surface area contributed by atoms with E-state index in [2.05, 4.69) is 9.97 Å². The molecule has 2 aromatic carbocycles. The number of pyridine rings is 2. The van der Waals surface area contributed by atoms with Gasteiger partial charge in [-0.25, -0.2) is 0 Å². The molecule has 0 bridgehead atoms. The SMILES string of the molecule is C.C.CC(C(=O)c1ccccc1)c1ccccn1.CC(c1ccccn1)C(O)c1ccccc1. The minimum Gasteiger partial charge on any atom is -0.388 e. The van der Waals surface area contributed by atoms with E-state index in [1.165, 1.54) is 0 Å². The molecule has 3 atom stereocenters. The van der Waals surface area contributed by atoms with Crippen molar-refractivity contribution in [3.63, 3.8) is 0 Å². The first-order chi connectivity index (χ1) is 15.6. The maximum atomic E-state index is 12.1. The van der Waals surface area contributed by atoms with Gasteiger partial charge in [-0.3, -0.25) is 14.8 Å². The third kappa shape index (κ3) is 7.75. The lowest BCUT2D eigenvalue weighted by molar-refractivity contribution is 0.0964. The quantitative estimate of drug-likeness (QED) is 0.310. The summed E-state index contributed by atoms with van der Waals surface area (Å²) < 4.78 is 0. The highest BCUT2D eigenvalue weighted by Crippen LogP contribution is 2.28. The van der Waals surface area contributed by atoms with E-state index in [1.54, 1.807) is 12.4 Å². The van der Waals surface area contributed by atoms with Crippen LogP contribution < -0.4 is 0 Å². The zero-order valence-corrected chi connectivity index (χ0v) is 18.4. The normalized spacial score (nSPS) is 12.4. The zero-order valence-electron chi connectivity index (χ0n) is 18.4. The van der Waals surface area contributed by atoms with Crippen LogP contribution in [-0.2, 0) is 0 Å². The van der Waals surface area contributed by atoms with Gasteiger partial charge in [0.1, 0.15) is 0 Å². The van der Waals surface area contributed by atoms with Crippen LogP contribution in [0, 0.1) is 0 Å². The van der Waals surface area contributed by atoms with Crippen molar-refractivity contribution in [3.05, 3.63) is 132 Å². The maximum Gasteiger partial charge on any atom is 0.171 e. The Balaban J connectivity index is 0.000000321. The van der Waals surface area contributed by atoms with Gasteiger partial charge in [0.2, 0.25) is 0 Å². The number of benzene rings is 2. The molecule has 178 valence electrons. The van der Waals surface area contributed by atoms with Crippen LogP contribution in [0.1, 0.15) is 73.9 Å². The molecular weight excluding hydrogens is 420 g/mol. The van der Waals surface area contributed by atoms with Crippen LogP contribution in [0.4, 0.5) is 0 Å². The van der Waals surface area contributed by atoms with Crippen molar-refractivity contribution in [1.29, 1.82) is 0 Å². The highest BCUT2D eigenvalue weighted by Gasteiger charge is 2.19. The number of aromatic nitrogens is 2. The Hall–Kier alpha value is -3.63. The van der Waals surface area contributed by atoms with Gasteiger partial charge in [0, 0.05) is 29.6 Å². The largest absolute Gasteiger partial charge is 0.388 e. The lowest BCUT2D eigenvalue weighted by Crippen LogP contribution is -2.10. The zero-order chi connectivity index (χ0) is 22.8. The van der Waals surface area contributed by atoms with Gasteiger partial charge in [-0.05, 0) is 36.8 Å². The summed E-state index contributed by atoms with van der Waals surface area (Å²) in [5, 5.41) is 10.2. The van der Waals surface area contributed by atoms with E-state index in [-0.39, 0.29) is 32.5 Å². The van der Waals surface area contributed by atoms with Gasteiger partial charge in [-0.1, -0.05) is 94.6 Å². The van der Waals surface area contributed by atoms with E-state index in [0.717, 1.165) is 22.5 Å². The fraction of sp³-hybridized carbons (Fsp3) is 0.233. The van der Waals surface area contributed by atoms with Gasteiger partial charge >= 0.3 is 0 Å². The Morgan fingerprint density at radius 3 is 1.65 bits per heavy atom. The van der Waals surface area contributed by atoms with Gasteiger partial charge < -0.3 is 5.11 Å². The molecular formula is C30H36N2O2. The summed E-state index contributed by atoms with van der Waals surface area (Å²) >= 11 is 0. The van der Waals surface area contributed by atoms with Gasteiger partial charge in [-0.2, -0.15) is 0 Å². The molecule has 0 aliphatic heterocycles. The van der Waals surface area contributed by atoms with Crippen LogP contribution in [0.3, 0.4) is 0 Å². The highest BCUT2D eigenvalue weighted by molar-refractivity contribution is 6.00. The van der Waals surface area contributed by atoms with Gasteiger partial charge in [0.05, 0.1) is 17.7 Å². The molecule has 2 heterocycles. The van der Waals surface area contributed by atoms with E-state index in [1.807, 2.05) is 111 Å². The lowest BCUT2D eigenvalue weighted by Gasteiger charge is -2.18. The average Bonchev–Trinajstić information content (AvgIpc) is 2.89. The Labute approximate surface area is 204 Å². The molecule has 0 fully saturated rings. The molecule has 4 nitrogen and oxygen atoms in total. The minimum atomic E-state index is -0.504. The predicted octanol–water partition coefficient (Wildman–Crippen LogP) is 7.26. The minimum absolute atomic E-state index is 0. The number of carbonyl (C=O) groups excluding carboxylic acids is 1. The number of aliphatic hydroxyl groups excluding tert-OH is 1. The monoisotopic (exact) mass is 456 g/mol. The Morgan fingerprint density at radius 2 is 1.15 bits per heavy atom. The van der Waals surface area contributed by atoms with Gasteiger partial charge in [0.15, 0.2) is 5.78 Å². The molecule has 1 N–H and O–H groups in total. The van der Waals surface area contributed by atoms with Crippen LogP contribution in [-0.4, -0.2) is 20.9 Å². The Morgan fingerprint density at radius 1 is 0.676 bits per heavy atom. The Kier molecular flexibility index (Phi) is 12.1. The Bertz CT molecular complexity index is 1030. The first-order valence-corrected chi connectivity index (χ1v) is 10.7. The van der Waals surface area contributed by atoms with Crippen molar-refractivity contribution in [3.8, 4) is 0 Å². The number of carbonyl (C=O) groups is 1. The van der Waals surface area contributed by atoms with Crippen molar-refractivity contribution in [2.45, 2.75) is 46.6 Å². The van der Waals surface area contributed by atoms with Crippen molar-refractivity contribution in [1.82, 2.24) is 9.97 Å². The molecule has 4 rings (SSSR count). The fourth-order valence-electron chi connectivity index (χ4n) is 3.36. The number of Topliss-reactive ketones (excluding diaryl/α,β-unsaturated/α-hetero) is 1. The topological polar surface area (TPSA) is 63.1 Å². The summed E-state index contributed by atoms with van der Waals surface area (Å²) in [6, 6.07) is 30.4. The molecule has 0 saturated heterocycles. The van der Waals surface area contributed by atoms with E-state index in [4.69, 9.17) is 0 Å². The van der Waals surface area contributed by atoms with Crippen LogP contribution in [0.2, 0.25) is 0 Å². The summed E-state index contributed by atoms with van der Waals surface area (Å²) in [6.45, 7) is 3.87. The van der Waals surface area contributed by atoms with Crippen LogP contribution in [0.5, 0.6) is 0 Å². The summed E-state index contributed by atoms with van der Waals surface area (Å²) in [7, 11) is 0. The van der Waals surface area contributed by atoms with Gasteiger partial charge in [0.25, 0.3) is 0 Å². The molecule has 0 spiro atoms. The van der Waals surface area contributed by atoms with Crippen LogP contribution in [0.15, 0.2) is 109 Å². The van der Waals surface area contributed by atoms with E-state index < -0.39 is 6.10 Å². The van der Waals surface area contributed by atoms with E-state index >= 15 is 0 Å². The van der Waals surface area contributed by atoms with Crippen LogP contribution >= 0.6 is 0 Å². The summed E-state index contributed by atoms with van der Waals surface area (Å²) in [6.07, 6.45) is 2.96. The summed E-state index contributed by atoms with van der Waals surface area (Å²) in [5.74, 6) is -0.0773. The molecule has 34 heavy (non-hydrogen) atoms. The first kappa shape index (κ1) is 28.4. The first-order valence-electron chi connectivity index (χ1n) is 10.7. The number of rotatable bonds is 6. The maximum absolute atomic E-state index is 12.1. The van der Waals surface area contributed by atoms with Crippen molar-refractivity contribution in [2.24, 2.45) is 0 Å². The lowest BCUT2D eigenvalue weighted by atomic mass is 9.94. The molecule has 0 radical (unpaired) electrons. The molecule has 0 amide bonds. The van der Waals surface area contributed by atoms with E-state index in [9.17, 15) is 9.90 Å². The second-order valence-corrected chi connectivity index (χ2v) is 7.61. The average molecular weight is 457 g/mol. The smallest absolute Gasteiger partial charge is 0.171 e.